The predicted octanol–water partition coefficient (Wildman–Crippen LogP) is 4.88. The number of carbonyl (C=O) groups is 2. The second-order valence-corrected chi connectivity index (χ2v) is 5.80. The number of aryl methyl sites for hydroxylation is 1. The van der Waals surface area contributed by atoms with Crippen molar-refractivity contribution in [2.45, 2.75) is 6.92 Å². The van der Waals surface area contributed by atoms with Crippen molar-refractivity contribution < 1.29 is 14.0 Å². The number of amides is 3. The van der Waals surface area contributed by atoms with Crippen molar-refractivity contribution in [3.8, 4) is 0 Å². The average Bonchev–Trinajstić information content (AvgIpc) is 3.06. The monoisotopic (exact) mass is 361 g/mol. The number of urea groups is 1. The Morgan fingerprint density at radius 1 is 0.815 bits per heavy atom. The summed E-state index contributed by atoms with van der Waals surface area (Å²) in [6, 6.07) is 19.3. The van der Waals surface area contributed by atoms with Crippen LogP contribution in [0.2, 0.25) is 0 Å². The molecule has 1 heterocycles. The molecule has 6 heteroatoms. The van der Waals surface area contributed by atoms with Gasteiger partial charge in [-0.15, -0.1) is 0 Å². The SMILES string of the molecule is Cc1ccc(/C=C\C(=O)Nc2cccc(NC(=O)Nc3ccccc3)c2)o1. The van der Waals surface area contributed by atoms with Crippen LogP contribution in [-0.2, 0) is 4.79 Å². The molecule has 0 saturated heterocycles. The Hall–Kier alpha value is -3.80. The van der Waals surface area contributed by atoms with Crippen molar-refractivity contribution in [1.82, 2.24) is 0 Å². The van der Waals surface area contributed by atoms with Crippen LogP contribution in [-0.4, -0.2) is 11.9 Å². The fourth-order valence-electron chi connectivity index (χ4n) is 2.37. The molecular weight excluding hydrogens is 342 g/mol. The number of benzene rings is 2. The molecule has 6 nitrogen and oxygen atoms in total. The lowest BCUT2D eigenvalue weighted by molar-refractivity contribution is -0.111. The van der Waals surface area contributed by atoms with Crippen LogP contribution < -0.4 is 16.0 Å². The van der Waals surface area contributed by atoms with Gasteiger partial charge in [0.1, 0.15) is 11.5 Å². The van der Waals surface area contributed by atoms with E-state index in [2.05, 4.69) is 16.0 Å². The van der Waals surface area contributed by atoms with E-state index in [-0.39, 0.29) is 11.9 Å². The van der Waals surface area contributed by atoms with Gasteiger partial charge < -0.3 is 20.4 Å². The fourth-order valence-corrected chi connectivity index (χ4v) is 2.37. The minimum absolute atomic E-state index is 0.296. The van der Waals surface area contributed by atoms with Crippen LogP contribution in [0.5, 0.6) is 0 Å². The van der Waals surface area contributed by atoms with Crippen LogP contribution in [0.15, 0.2) is 77.2 Å². The number of furan rings is 1. The standard InChI is InChI=1S/C21H19N3O3/c1-15-10-11-19(27-15)12-13-20(25)22-17-8-5-9-18(14-17)24-21(26)23-16-6-3-2-4-7-16/h2-14H,1H3,(H,22,25)(H2,23,24,26)/b13-12-. The molecule has 0 aliphatic rings. The lowest BCUT2D eigenvalue weighted by Gasteiger charge is -2.09. The summed E-state index contributed by atoms with van der Waals surface area (Å²) in [7, 11) is 0. The Morgan fingerprint density at radius 2 is 1.48 bits per heavy atom. The molecule has 0 bridgehead atoms. The van der Waals surface area contributed by atoms with E-state index in [4.69, 9.17) is 4.42 Å². The molecule has 3 N–H and O–H groups in total. The summed E-state index contributed by atoms with van der Waals surface area (Å²) in [6.07, 6.45) is 2.98. The van der Waals surface area contributed by atoms with Gasteiger partial charge in [-0.05, 0) is 55.5 Å². The molecule has 27 heavy (non-hydrogen) atoms. The molecule has 0 saturated carbocycles. The van der Waals surface area contributed by atoms with Crippen molar-refractivity contribution in [3.63, 3.8) is 0 Å². The summed E-state index contributed by atoms with van der Waals surface area (Å²) in [5, 5.41) is 8.21. The maximum Gasteiger partial charge on any atom is 0.323 e. The molecule has 0 radical (unpaired) electrons. The highest BCUT2D eigenvalue weighted by atomic mass is 16.3. The van der Waals surface area contributed by atoms with Gasteiger partial charge in [0.2, 0.25) is 5.91 Å². The summed E-state index contributed by atoms with van der Waals surface area (Å²) in [5.74, 6) is 1.09. The molecule has 0 aliphatic heterocycles. The van der Waals surface area contributed by atoms with E-state index in [9.17, 15) is 9.59 Å². The Kier molecular flexibility index (Phi) is 5.69. The van der Waals surface area contributed by atoms with Crippen LogP contribution in [0, 0.1) is 6.92 Å². The zero-order valence-electron chi connectivity index (χ0n) is 14.7. The minimum Gasteiger partial charge on any atom is -0.462 e. The third-order valence-corrected chi connectivity index (χ3v) is 3.58. The van der Waals surface area contributed by atoms with E-state index in [0.717, 1.165) is 5.76 Å². The van der Waals surface area contributed by atoms with Gasteiger partial charge in [-0.1, -0.05) is 24.3 Å². The highest BCUT2D eigenvalue weighted by Crippen LogP contribution is 2.16. The van der Waals surface area contributed by atoms with Gasteiger partial charge in [0, 0.05) is 23.1 Å². The first-order valence-electron chi connectivity index (χ1n) is 8.37. The average molecular weight is 361 g/mol. The molecule has 1 aromatic heterocycles. The number of hydrogen-bond donors (Lipinski definition) is 3. The number of hydrogen-bond acceptors (Lipinski definition) is 3. The zero-order valence-corrected chi connectivity index (χ0v) is 14.7. The third kappa shape index (κ3) is 5.61. The molecular formula is C21H19N3O3. The van der Waals surface area contributed by atoms with Gasteiger partial charge in [-0.3, -0.25) is 4.79 Å². The molecule has 0 spiro atoms. The lowest BCUT2D eigenvalue weighted by atomic mass is 10.2. The highest BCUT2D eigenvalue weighted by Gasteiger charge is 2.04. The van der Waals surface area contributed by atoms with Crippen molar-refractivity contribution in [1.29, 1.82) is 0 Å². The van der Waals surface area contributed by atoms with Crippen LogP contribution in [0.4, 0.5) is 21.9 Å². The Bertz CT molecular complexity index is 962. The molecule has 3 amide bonds. The van der Waals surface area contributed by atoms with Crippen molar-refractivity contribution >= 4 is 35.1 Å². The largest absolute Gasteiger partial charge is 0.462 e. The van der Waals surface area contributed by atoms with Gasteiger partial charge in [-0.2, -0.15) is 0 Å². The quantitative estimate of drug-likeness (QED) is 0.566. The first-order chi connectivity index (χ1) is 13.1. The van der Waals surface area contributed by atoms with E-state index in [1.165, 1.54) is 6.08 Å². The summed E-state index contributed by atoms with van der Waals surface area (Å²) in [4.78, 5) is 24.1. The third-order valence-electron chi connectivity index (χ3n) is 3.58. The van der Waals surface area contributed by atoms with Crippen LogP contribution >= 0.6 is 0 Å². The van der Waals surface area contributed by atoms with Crippen LogP contribution in [0.1, 0.15) is 11.5 Å². The van der Waals surface area contributed by atoms with E-state index < -0.39 is 0 Å². The first kappa shape index (κ1) is 18.0. The second-order valence-electron chi connectivity index (χ2n) is 5.80. The molecule has 0 fully saturated rings. The van der Waals surface area contributed by atoms with E-state index in [1.54, 1.807) is 48.5 Å². The smallest absolute Gasteiger partial charge is 0.323 e. The van der Waals surface area contributed by atoms with E-state index in [0.29, 0.717) is 22.8 Å². The van der Waals surface area contributed by atoms with Gasteiger partial charge in [-0.25, -0.2) is 4.79 Å². The summed E-state index contributed by atoms with van der Waals surface area (Å²) < 4.78 is 5.37. The van der Waals surface area contributed by atoms with Crippen LogP contribution in [0.3, 0.4) is 0 Å². The van der Waals surface area contributed by atoms with E-state index in [1.807, 2.05) is 31.2 Å². The van der Waals surface area contributed by atoms with Gasteiger partial charge in [0.25, 0.3) is 0 Å². The maximum absolute atomic E-state index is 12.0. The zero-order chi connectivity index (χ0) is 19.1. The minimum atomic E-state index is -0.363. The van der Waals surface area contributed by atoms with E-state index >= 15 is 0 Å². The Morgan fingerprint density at radius 3 is 2.19 bits per heavy atom. The maximum atomic E-state index is 12.0. The predicted molar refractivity (Wildman–Crippen MR) is 107 cm³/mol. The number of anilines is 3. The summed E-state index contributed by atoms with van der Waals surface area (Å²) in [6.45, 7) is 1.84. The fraction of sp³-hybridized carbons (Fsp3) is 0.0476. The molecule has 0 atom stereocenters. The number of nitrogens with one attached hydrogen (secondary N) is 3. The van der Waals surface area contributed by atoms with Crippen LogP contribution in [0.25, 0.3) is 6.08 Å². The second kappa shape index (κ2) is 8.53. The van der Waals surface area contributed by atoms with Crippen molar-refractivity contribution in [2.24, 2.45) is 0 Å². The number of carbonyl (C=O) groups excluding carboxylic acids is 2. The topological polar surface area (TPSA) is 83.4 Å². The molecule has 0 aliphatic carbocycles. The molecule has 136 valence electrons. The molecule has 0 unspecified atom stereocenters. The molecule has 2 aromatic carbocycles. The van der Waals surface area contributed by atoms with Crippen molar-refractivity contribution in [2.75, 3.05) is 16.0 Å². The Balaban J connectivity index is 1.57. The number of para-hydroxylation sites is 1. The summed E-state index contributed by atoms with van der Waals surface area (Å²) >= 11 is 0. The van der Waals surface area contributed by atoms with Gasteiger partial charge >= 0.3 is 6.03 Å². The first-order valence-corrected chi connectivity index (χ1v) is 8.37. The summed E-state index contributed by atoms with van der Waals surface area (Å²) in [5.41, 5.74) is 1.82. The molecule has 3 aromatic rings. The van der Waals surface area contributed by atoms with Gasteiger partial charge in [0.15, 0.2) is 0 Å². The lowest BCUT2D eigenvalue weighted by Crippen LogP contribution is -2.19. The van der Waals surface area contributed by atoms with Gasteiger partial charge in [0.05, 0.1) is 0 Å². The highest BCUT2D eigenvalue weighted by molar-refractivity contribution is 6.03. The van der Waals surface area contributed by atoms with Crippen molar-refractivity contribution in [3.05, 3.63) is 84.3 Å². The Labute approximate surface area is 156 Å². The molecule has 3 rings (SSSR count). The normalized spacial score (nSPS) is 10.6. The number of rotatable bonds is 5.